The van der Waals surface area contributed by atoms with Crippen LogP contribution >= 0.6 is 0 Å². The van der Waals surface area contributed by atoms with E-state index in [4.69, 9.17) is 14.0 Å². The average Bonchev–Trinajstić information content (AvgIpc) is 3.39. The number of nitrogens with zero attached hydrogens (tertiary/aromatic N) is 5. The maximum atomic E-state index is 5.59. The summed E-state index contributed by atoms with van der Waals surface area (Å²) in [4.78, 5) is 15.5. The third-order valence-electron chi connectivity index (χ3n) is 4.73. The molecule has 8 nitrogen and oxygen atoms in total. The Bertz CT molecular complexity index is 869. The molecule has 8 heteroatoms. The first-order valence-electron chi connectivity index (χ1n) is 9.38. The average molecular weight is 381 g/mol. The highest BCUT2D eigenvalue weighted by Crippen LogP contribution is 2.33. The summed E-state index contributed by atoms with van der Waals surface area (Å²) < 4.78 is 16.0. The molecule has 28 heavy (non-hydrogen) atoms. The molecule has 0 radical (unpaired) electrons. The van der Waals surface area contributed by atoms with E-state index in [-0.39, 0.29) is 6.04 Å². The van der Waals surface area contributed by atoms with Crippen LogP contribution in [0.3, 0.4) is 0 Å². The predicted octanol–water partition coefficient (Wildman–Crippen LogP) is 2.89. The molecule has 1 aliphatic heterocycles. The van der Waals surface area contributed by atoms with Crippen LogP contribution < -0.4 is 4.74 Å². The van der Waals surface area contributed by atoms with Crippen LogP contribution in [0.15, 0.2) is 47.4 Å². The van der Waals surface area contributed by atoms with E-state index in [1.807, 2.05) is 18.3 Å². The van der Waals surface area contributed by atoms with Gasteiger partial charge in [-0.1, -0.05) is 11.2 Å². The summed E-state index contributed by atoms with van der Waals surface area (Å²) in [7, 11) is 1.63. The fourth-order valence-electron chi connectivity index (χ4n) is 3.34. The van der Waals surface area contributed by atoms with Gasteiger partial charge in [-0.3, -0.25) is 9.88 Å². The highest BCUT2D eigenvalue weighted by molar-refractivity contribution is 5.53. The Morgan fingerprint density at radius 1 is 1.21 bits per heavy atom. The number of aromatic nitrogens is 4. The predicted molar refractivity (Wildman–Crippen MR) is 102 cm³/mol. The maximum absolute atomic E-state index is 5.59. The Kier molecular flexibility index (Phi) is 5.89. The van der Waals surface area contributed by atoms with Crippen molar-refractivity contribution in [3.8, 4) is 17.3 Å². The molecule has 4 rings (SSSR count). The van der Waals surface area contributed by atoms with E-state index in [0.29, 0.717) is 30.8 Å². The molecule has 1 unspecified atom stereocenters. The highest BCUT2D eigenvalue weighted by atomic mass is 16.5. The molecule has 3 aromatic rings. The van der Waals surface area contributed by atoms with Gasteiger partial charge in [0.1, 0.15) is 6.61 Å². The minimum absolute atomic E-state index is 0.131. The molecule has 1 saturated heterocycles. The Hall–Kier alpha value is -2.84. The summed E-state index contributed by atoms with van der Waals surface area (Å²) in [5.41, 5.74) is 1.98. The van der Waals surface area contributed by atoms with Gasteiger partial charge < -0.3 is 14.0 Å². The van der Waals surface area contributed by atoms with Gasteiger partial charge in [0.15, 0.2) is 0 Å². The van der Waals surface area contributed by atoms with Crippen LogP contribution in [-0.4, -0.2) is 51.9 Å². The molecule has 0 aromatic carbocycles. The summed E-state index contributed by atoms with van der Waals surface area (Å²) in [6.45, 7) is 2.82. The molecule has 1 atom stereocenters. The quantitative estimate of drug-likeness (QED) is 0.551. The van der Waals surface area contributed by atoms with Crippen molar-refractivity contribution in [2.75, 3.05) is 26.9 Å². The minimum atomic E-state index is 0.131. The molecule has 0 spiro atoms. The number of rotatable bonds is 8. The minimum Gasteiger partial charge on any atom is -0.475 e. The van der Waals surface area contributed by atoms with Gasteiger partial charge in [-0.25, -0.2) is 4.98 Å². The van der Waals surface area contributed by atoms with Gasteiger partial charge in [0.2, 0.25) is 17.6 Å². The van der Waals surface area contributed by atoms with Crippen molar-refractivity contribution in [2.24, 2.45) is 0 Å². The van der Waals surface area contributed by atoms with E-state index in [9.17, 15) is 0 Å². The molecule has 1 aliphatic rings. The number of hydrogen-bond donors (Lipinski definition) is 0. The lowest BCUT2D eigenvalue weighted by atomic mass is 10.2. The molecule has 4 heterocycles. The highest BCUT2D eigenvalue weighted by Gasteiger charge is 2.30. The first kappa shape index (κ1) is 18.5. The zero-order chi connectivity index (χ0) is 19.2. The number of likely N-dealkylation sites (tertiary alicyclic amines) is 1. The molecule has 0 amide bonds. The van der Waals surface area contributed by atoms with Crippen LogP contribution in [-0.2, 0) is 11.3 Å². The maximum Gasteiger partial charge on any atom is 0.244 e. The van der Waals surface area contributed by atoms with Crippen LogP contribution in [0.5, 0.6) is 5.88 Å². The zero-order valence-electron chi connectivity index (χ0n) is 15.8. The number of methoxy groups -OCH3 is 1. The van der Waals surface area contributed by atoms with Crippen LogP contribution in [0, 0.1) is 0 Å². The lowest BCUT2D eigenvalue weighted by molar-refractivity contribution is 0.144. The normalized spacial score (nSPS) is 17.1. The fraction of sp³-hybridized carbons (Fsp3) is 0.400. The van der Waals surface area contributed by atoms with Crippen molar-refractivity contribution in [1.29, 1.82) is 0 Å². The van der Waals surface area contributed by atoms with Crippen molar-refractivity contribution in [1.82, 2.24) is 25.0 Å². The van der Waals surface area contributed by atoms with Crippen molar-refractivity contribution < 1.29 is 14.0 Å². The van der Waals surface area contributed by atoms with E-state index in [0.717, 1.165) is 31.5 Å². The summed E-state index contributed by atoms with van der Waals surface area (Å²) in [6.07, 6.45) is 7.50. The second-order valence-corrected chi connectivity index (χ2v) is 6.67. The van der Waals surface area contributed by atoms with Gasteiger partial charge in [-0.05, 0) is 37.1 Å². The summed E-state index contributed by atoms with van der Waals surface area (Å²) >= 11 is 0. The number of hydrogen-bond acceptors (Lipinski definition) is 8. The second kappa shape index (κ2) is 8.90. The van der Waals surface area contributed by atoms with Crippen LogP contribution in [0.2, 0.25) is 0 Å². The van der Waals surface area contributed by atoms with Crippen LogP contribution in [0.1, 0.15) is 30.3 Å². The third kappa shape index (κ3) is 4.35. The zero-order valence-corrected chi connectivity index (χ0v) is 15.8. The monoisotopic (exact) mass is 381 g/mol. The molecule has 146 valence electrons. The number of ether oxygens (including phenoxy) is 2. The molecule has 0 N–H and O–H groups in total. The van der Waals surface area contributed by atoms with E-state index >= 15 is 0 Å². The van der Waals surface area contributed by atoms with Crippen molar-refractivity contribution in [2.45, 2.75) is 25.4 Å². The van der Waals surface area contributed by atoms with E-state index in [2.05, 4.69) is 31.1 Å². The van der Waals surface area contributed by atoms with E-state index < -0.39 is 0 Å². The summed E-state index contributed by atoms with van der Waals surface area (Å²) in [5, 5.41) is 4.15. The molecule has 0 bridgehead atoms. The van der Waals surface area contributed by atoms with Crippen molar-refractivity contribution in [3.63, 3.8) is 0 Å². The van der Waals surface area contributed by atoms with Crippen LogP contribution in [0.4, 0.5) is 0 Å². The molecule has 3 aromatic heterocycles. The lowest BCUT2D eigenvalue weighted by Crippen LogP contribution is -2.23. The Labute approximate surface area is 163 Å². The third-order valence-corrected chi connectivity index (χ3v) is 4.73. The molecular formula is C20H23N5O3. The van der Waals surface area contributed by atoms with Crippen molar-refractivity contribution in [3.05, 3.63) is 54.3 Å². The Morgan fingerprint density at radius 2 is 2.18 bits per heavy atom. The van der Waals surface area contributed by atoms with Gasteiger partial charge >= 0.3 is 0 Å². The van der Waals surface area contributed by atoms with Gasteiger partial charge in [0, 0.05) is 43.9 Å². The molecule has 0 saturated carbocycles. The first-order chi connectivity index (χ1) is 13.8. The molecule has 1 fully saturated rings. The van der Waals surface area contributed by atoms with E-state index in [1.54, 1.807) is 25.6 Å². The first-order valence-corrected chi connectivity index (χ1v) is 9.38. The Morgan fingerprint density at radius 3 is 2.96 bits per heavy atom. The standard InChI is InChI=1S/C20H23N5O3/c1-26-10-11-27-18-7-6-16(13-22-18)19-23-20(28-24-19)17-5-3-9-25(17)14-15-4-2-8-21-12-15/h2,4,6-8,12-13,17H,3,5,9-11,14H2,1H3. The summed E-state index contributed by atoms with van der Waals surface area (Å²) in [5.74, 6) is 1.74. The molecule has 0 aliphatic carbocycles. The fourth-order valence-corrected chi connectivity index (χ4v) is 3.34. The number of pyridine rings is 2. The van der Waals surface area contributed by atoms with Gasteiger partial charge in [0.05, 0.1) is 12.6 Å². The summed E-state index contributed by atoms with van der Waals surface area (Å²) in [6, 6.07) is 7.85. The smallest absolute Gasteiger partial charge is 0.244 e. The lowest BCUT2D eigenvalue weighted by Gasteiger charge is -2.21. The van der Waals surface area contributed by atoms with E-state index in [1.165, 1.54) is 5.56 Å². The van der Waals surface area contributed by atoms with Gasteiger partial charge in [-0.2, -0.15) is 4.98 Å². The Balaban J connectivity index is 1.43. The van der Waals surface area contributed by atoms with Gasteiger partial charge in [0.25, 0.3) is 0 Å². The largest absolute Gasteiger partial charge is 0.475 e. The second-order valence-electron chi connectivity index (χ2n) is 6.67. The van der Waals surface area contributed by atoms with Crippen molar-refractivity contribution >= 4 is 0 Å². The SMILES string of the molecule is COCCOc1ccc(-c2noc(C3CCCN3Cc3cccnc3)n2)cn1. The molecular weight excluding hydrogens is 358 g/mol. The topological polar surface area (TPSA) is 86.4 Å². The van der Waals surface area contributed by atoms with Gasteiger partial charge in [-0.15, -0.1) is 0 Å². The van der Waals surface area contributed by atoms with Crippen LogP contribution in [0.25, 0.3) is 11.4 Å².